The minimum absolute atomic E-state index is 0.000509. The van der Waals surface area contributed by atoms with Crippen LogP contribution in [0.4, 0.5) is 0 Å². The SMILES string of the molecule is CC(C(=O)O)N1CCCC2C(=O)NCC21. The maximum absolute atomic E-state index is 11.5. The van der Waals surface area contributed by atoms with Crippen LogP contribution in [0.5, 0.6) is 0 Å². The Labute approximate surface area is 88.4 Å². The highest BCUT2D eigenvalue weighted by atomic mass is 16.4. The summed E-state index contributed by atoms with van der Waals surface area (Å²) in [6, 6.07) is -0.414. The minimum Gasteiger partial charge on any atom is -0.480 e. The van der Waals surface area contributed by atoms with E-state index in [1.807, 2.05) is 4.90 Å². The smallest absolute Gasteiger partial charge is 0.320 e. The van der Waals surface area contributed by atoms with Gasteiger partial charge in [0.05, 0.1) is 5.92 Å². The number of carbonyl (C=O) groups excluding carboxylic acids is 1. The van der Waals surface area contributed by atoms with E-state index in [9.17, 15) is 9.59 Å². The normalized spacial score (nSPS) is 33.3. The number of nitrogens with one attached hydrogen (secondary N) is 1. The molecule has 5 heteroatoms. The highest BCUT2D eigenvalue weighted by Gasteiger charge is 2.43. The summed E-state index contributed by atoms with van der Waals surface area (Å²) in [6.07, 6.45) is 1.80. The van der Waals surface area contributed by atoms with Gasteiger partial charge in [-0.25, -0.2) is 0 Å². The van der Waals surface area contributed by atoms with Crippen LogP contribution in [0.1, 0.15) is 19.8 Å². The summed E-state index contributed by atoms with van der Waals surface area (Å²) in [7, 11) is 0. The van der Waals surface area contributed by atoms with Gasteiger partial charge in [0.2, 0.25) is 5.91 Å². The van der Waals surface area contributed by atoms with Gasteiger partial charge in [0.25, 0.3) is 0 Å². The first-order valence-corrected chi connectivity index (χ1v) is 5.37. The quantitative estimate of drug-likeness (QED) is 0.657. The molecule has 0 aromatic heterocycles. The second-order valence-corrected chi connectivity index (χ2v) is 4.31. The fourth-order valence-electron chi connectivity index (χ4n) is 2.61. The second-order valence-electron chi connectivity index (χ2n) is 4.31. The van der Waals surface area contributed by atoms with Crippen LogP contribution < -0.4 is 5.32 Å². The highest BCUT2D eigenvalue weighted by molar-refractivity contribution is 5.82. The Morgan fingerprint density at radius 1 is 1.67 bits per heavy atom. The van der Waals surface area contributed by atoms with Crippen molar-refractivity contribution in [2.24, 2.45) is 5.92 Å². The number of rotatable bonds is 2. The molecule has 1 amide bonds. The lowest BCUT2D eigenvalue weighted by molar-refractivity contribution is -0.145. The highest BCUT2D eigenvalue weighted by Crippen LogP contribution is 2.28. The molecule has 2 rings (SSSR count). The van der Waals surface area contributed by atoms with Crippen LogP contribution in [0.2, 0.25) is 0 Å². The van der Waals surface area contributed by atoms with E-state index in [-0.39, 0.29) is 17.9 Å². The summed E-state index contributed by atoms with van der Waals surface area (Å²) in [6.45, 7) is 3.07. The molecule has 0 bridgehead atoms. The number of aliphatic carboxylic acids is 1. The number of nitrogens with zero attached hydrogens (tertiary/aromatic N) is 1. The molecule has 0 aromatic carbocycles. The number of carboxylic acids is 1. The number of carboxylic acid groups (broad SMARTS) is 1. The number of likely N-dealkylation sites (tertiary alicyclic amines) is 1. The fourth-order valence-corrected chi connectivity index (χ4v) is 2.61. The van der Waals surface area contributed by atoms with Crippen molar-refractivity contribution < 1.29 is 14.7 Å². The lowest BCUT2D eigenvalue weighted by Gasteiger charge is -2.38. The van der Waals surface area contributed by atoms with E-state index in [1.54, 1.807) is 6.92 Å². The molecular formula is C10H16N2O3. The molecule has 5 nitrogen and oxygen atoms in total. The second kappa shape index (κ2) is 3.81. The van der Waals surface area contributed by atoms with Gasteiger partial charge in [-0.2, -0.15) is 0 Å². The molecule has 15 heavy (non-hydrogen) atoms. The maximum Gasteiger partial charge on any atom is 0.320 e. The molecule has 3 unspecified atom stereocenters. The summed E-state index contributed by atoms with van der Waals surface area (Å²) in [5.74, 6) is -0.724. The topological polar surface area (TPSA) is 69.6 Å². The minimum atomic E-state index is -0.810. The van der Waals surface area contributed by atoms with Crippen LogP contribution in [-0.4, -0.2) is 47.1 Å². The van der Waals surface area contributed by atoms with Crippen molar-refractivity contribution in [3.63, 3.8) is 0 Å². The zero-order valence-electron chi connectivity index (χ0n) is 8.77. The predicted octanol–water partition coefficient (Wildman–Crippen LogP) is -0.330. The van der Waals surface area contributed by atoms with E-state index in [1.165, 1.54) is 0 Å². The van der Waals surface area contributed by atoms with Crippen molar-refractivity contribution in [3.8, 4) is 0 Å². The fraction of sp³-hybridized carbons (Fsp3) is 0.800. The van der Waals surface area contributed by atoms with Gasteiger partial charge >= 0.3 is 5.97 Å². The maximum atomic E-state index is 11.5. The molecule has 0 radical (unpaired) electrons. The van der Waals surface area contributed by atoms with Crippen LogP contribution >= 0.6 is 0 Å². The first-order valence-electron chi connectivity index (χ1n) is 5.37. The first-order chi connectivity index (χ1) is 7.11. The third-order valence-electron chi connectivity index (χ3n) is 3.50. The van der Waals surface area contributed by atoms with E-state index in [4.69, 9.17) is 5.11 Å². The predicted molar refractivity (Wildman–Crippen MR) is 53.3 cm³/mol. The van der Waals surface area contributed by atoms with Gasteiger partial charge in [-0.3, -0.25) is 14.5 Å². The van der Waals surface area contributed by atoms with E-state index in [0.29, 0.717) is 6.54 Å². The number of hydrogen-bond acceptors (Lipinski definition) is 3. The average Bonchev–Trinajstić information content (AvgIpc) is 2.59. The van der Waals surface area contributed by atoms with E-state index in [0.717, 1.165) is 19.4 Å². The van der Waals surface area contributed by atoms with Gasteiger partial charge in [-0.05, 0) is 26.3 Å². The van der Waals surface area contributed by atoms with E-state index < -0.39 is 12.0 Å². The van der Waals surface area contributed by atoms with Crippen molar-refractivity contribution in [3.05, 3.63) is 0 Å². The molecule has 0 spiro atoms. The third-order valence-corrected chi connectivity index (χ3v) is 3.50. The molecule has 0 saturated carbocycles. The Balaban J connectivity index is 2.12. The molecule has 2 fully saturated rings. The summed E-state index contributed by atoms with van der Waals surface area (Å²) < 4.78 is 0. The molecule has 2 heterocycles. The zero-order chi connectivity index (χ0) is 11.0. The van der Waals surface area contributed by atoms with E-state index >= 15 is 0 Å². The molecule has 2 aliphatic rings. The monoisotopic (exact) mass is 212 g/mol. The lowest BCUT2D eigenvalue weighted by Crippen LogP contribution is -2.52. The number of carbonyl (C=O) groups is 2. The molecule has 2 saturated heterocycles. The molecule has 0 aromatic rings. The third kappa shape index (κ3) is 1.71. The van der Waals surface area contributed by atoms with Gasteiger partial charge in [-0.1, -0.05) is 0 Å². The molecule has 0 aliphatic carbocycles. The Morgan fingerprint density at radius 2 is 2.40 bits per heavy atom. The number of amides is 1. The van der Waals surface area contributed by atoms with Crippen LogP contribution in [0, 0.1) is 5.92 Å². The average molecular weight is 212 g/mol. The van der Waals surface area contributed by atoms with Crippen molar-refractivity contribution in [2.75, 3.05) is 13.1 Å². The van der Waals surface area contributed by atoms with Crippen molar-refractivity contribution >= 4 is 11.9 Å². The number of hydrogen-bond donors (Lipinski definition) is 2. The number of piperidine rings is 1. The van der Waals surface area contributed by atoms with Crippen molar-refractivity contribution in [1.82, 2.24) is 10.2 Å². The Kier molecular flexibility index (Phi) is 2.65. The summed E-state index contributed by atoms with van der Waals surface area (Å²) in [4.78, 5) is 24.3. The van der Waals surface area contributed by atoms with Gasteiger partial charge in [0, 0.05) is 12.6 Å². The van der Waals surface area contributed by atoms with Gasteiger partial charge in [0.15, 0.2) is 0 Å². The Hall–Kier alpha value is -1.10. The van der Waals surface area contributed by atoms with Crippen LogP contribution in [0.25, 0.3) is 0 Å². The zero-order valence-corrected chi connectivity index (χ0v) is 8.77. The molecular weight excluding hydrogens is 196 g/mol. The number of fused-ring (bicyclic) bond motifs is 1. The Morgan fingerprint density at radius 3 is 3.07 bits per heavy atom. The van der Waals surface area contributed by atoms with Crippen LogP contribution in [0.15, 0.2) is 0 Å². The molecule has 84 valence electrons. The van der Waals surface area contributed by atoms with Crippen molar-refractivity contribution in [1.29, 1.82) is 0 Å². The summed E-state index contributed by atoms with van der Waals surface area (Å²) in [5.41, 5.74) is 0. The molecule has 3 atom stereocenters. The van der Waals surface area contributed by atoms with Gasteiger partial charge in [-0.15, -0.1) is 0 Å². The van der Waals surface area contributed by atoms with Gasteiger partial charge in [0.1, 0.15) is 6.04 Å². The van der Waals surface area contributed by atoms with Crippen molar-refractivity contribution in [2.45, 2.75) is 31.8 Å². The summed E-state index contributed by atoms with van der Waals surface area (Å²) in [5, 5.41) is 11.8. The molecule has 2 N–H and O–H groups in total. The standard InChI is InChI=1S/C10H16N2O3/c1-6(10(14)15)12-4-2-3-7-8(12)5-11-9(7)13/h6-8H,2-5H2,1H3,(H,11,13)(H,14,15). The Bertz CT molecular complexity index is 292. The van der Waals surface area contributed by atoms with Gasteiger partial charge < -0.3 is 10.4 Å². The summed E-state index contributed by atoms with van der Waals surface area (Å²) >= 11 is 0. The largest absolute Gasteiger partial charge is 0.480 e. The van der Waals surface area contributed by atoms with Crippen LogP contribution in [-0.2, 0) is 9.59 Å². The first kappa shape index (κ1) is 10.4. The lowest BCUT2D eigenvalue weighted by atomic mass is 9.90. The van der Waals surface area contributed by atoms with Crippen LogP contribution in [0.3, 0.4) is 0 Å². The van der Waals surface area contributed by atoms with E-state index in [2.05, 4.69) is 5.32 Å². The molecule has 2 aliphatic heterocycles.